The van der Waals surface area contributed by atoms with Gasteiger partial charge in [-0.1, -0.05) is 39.8 Å². The Morgan fingerprint density at radius 1 is 0.538 bits per heavy atom. The van der Waals surface area contributed by atoms with Gasteiger partial charge in [0.25, 0.3) is 0 Å². The third-order valence-corrected chi connectivity index (χ3v) is 5.35. The summed E-state index contributed by atoms with van der Waals surface area (Å²) in [6.45, 7) is 29.8. The molecule has 0 aromatic rings. The third-order valence-electron chi connectivity index (χ3n) is 5.35. The first-order valence-corrected chi connectivity index (χ1v) is 10.0. The first kappa shape index (κ1) is 23.4. The molecule has 2 aliphatic heterocycles. The molecule has 0 aliphatic carbocycles. The summed E-state index contributed by atoms with van der Waals surface area (Å²) in [5.74, 6) is 0. The van der Waals surface area contributed by atoms with Gasteiger partial charge >= 0.3 is 0 Å². The average molecular weight is 365 g/mol. The molecule has 2 saturated heterocycles. The molecular formula is C24H44O2. The molecular weight excluding hydrogens is 320 g/mol. The summed E-state index contributed by atoms with van der Waals surface area (Å²) in [6.07, 6.45) is 8.23. The topological polar surface area (TPSA) is 18.5 Å². The van der Waals surface area contributed by atoms with Crippen LogP contribution in [0.15, 0.2) is 25.3 Å². The fourth-order valence-corrected chi connectivity index (χ4v) is 5.96. The molecule has 0 amide bonds. The molecule has 0 bridgehead atoms. The lowest BCUT2D eigenvalue weighted by atomic mass is 9.71. The van der Waals surface area contributed by atoms with Gasteiger partial charge in [-0.25, -0.2) is 0 Å². The lowest BCUT2D eigenvalue weighted by Gasteiger charge is -2.49. The average Bonchev–Trinajstić information content (AvgIpc) is 2.30. The Labute approximate surface area is 163 Å². The summed E-state index contributed by atoms with van der Waals surface area (Å²) in [4.78, 5) is 0. The van der Waals surface area contributed by atoms with Crippen LogP contribution < -0.4 is 0 Å². The van der Waals surface area contributed by atoms with E-state index >= 15 is 0 Å². The standard InChI is InChI=1S/2C12H22O/c2*1-7-12(6)9-10(2,3)8-11(4,5)13-12/h2*7H,1,8-9H2,2-6H3. The van der Waals surface area contributed by atoms with E-state index in [1.807, 2.05) is 12.2 Å². The van der Waals surface area contributed by atoms with E-state index in [9.17, 15) is 0 Å². The van der Waals surface area contributed by atoms with E-state index in [1.165, 1.54) is 0 Å². The van der Waals surface area contributed by atoms with Gasteiger partial charge in [-0.2, -0.15) is 0 Å². The molecule has 2 heterocycles. The molecule has 2 atom stereocenters. The van der Waals surface area contributed by atoms with Crippen LogP contribution in [0.5, 0.6) is 0 Å². The summed E-state index contributed by atoms with van der Waals surface area (Å²) >= 11 is 0. The smallest absolute Gasteiger partial charge is 0.0844 e. The van der Waals surface area contributed by atoms with Crippen LogP contribution in [0.1, 0.15) is 94.9 Å². The van der Waals surface area contributed by atoms with Crippen LogP contribution >= 0.6 is 0 Å². The summed E-state index contributed by atoms with van der Waals surface area (Å²) < 4.78 is 12.1. The maximum Gasteiger partial charge on any atom is 0.0844 e. The molecule has 0 aromatic carbocycles. The van der Waals surface area contributed by atoms with E-state index in [0.29, 0.717) is 10.8 Å². The van der Waals surface area contributed by atoms with Crippen molar-refractivity contribution in [2.75, 3.05) is 0 Å². The highest BCUT2D eigenvalue weighted by molar-refractivity contribution is 5.04. The van der Waals surface area contributed by atoms with Crippen molar-refractivity contribution in [1.82, 2.24) is 0 Å². The SMILES string of the molecule is C=CC1(C)CC(C)(C)CC(C)(C)O1.C=CC1(C)CC(C)(C)CC(C)(C)O1. The van der Waals surface area contributed by atoms with Crippen molar-refractivity contribution in [2.45, 2.75) is 117 Å². The maximum atomic E-state index is 6.03. The van der Waals surface area contributed by atoms with Gasteiger partial charge in [0, 0.05) is 0 Å². The molecule has 152 valence electrons. The normalized spacial score (nSPS) is 37.0. The second-order valence-corrected chi connectivity index (χ2v) is 11.8. The Morgan fingerprint density at radius 3 is 1.00 bits per heavy atom. The van der Waals surface area contributed by atoms with Crippen molar-refractivity contribution < 1.29 is 9.47 Å². The van der Waals surface area contributed by atoms with Crippen LogP contribution in [-0.2, 0) is 9.47 Å². The predicted octanol–water partition coefficient (Wildman–Crippen LogP) is 7.09. The number of hydrogen-bond donors (Lipinski definition) is 0. The maximum absolute atomic E-state index is 6.03. The fraction of sp³-hybridized carbons (Fsp3) is 0.833. The monoisotopic (exact) mass is 364 g/mol. The van der Waals surface area contributed by atoms with E-state index in [1.54, 1.807) is 0 Å². The predicted molar refractivity (Wildman–Crippen MR) is 114 cm³/mol. The van der Waals surface area contributed by atoms with Crippen LogP contribution in [-0.4, -0.2) is 22.4 Å². The fourth-order valence-electron chi connectivity index (χ4n) is 5.96. The zero-order valence-electron chi connectivity index (χ0n) is 19.2. The van der Waals surface area contributed by atoms with Crippen LogP contribution in [0.4, 0.5) is 0 Å². The summed E-state index contributed by atoms with van der Waals surface area (Å²) in [7, 11) is 0. The third kappa shape index (κ3) is 6.85. The molecule has 2 heteroatoms. The molecule has 2 nitrogen and oxygen atoms in total. The van der Waals surface area contributed by atoms with Gasteiger partial charge in [0.2, 0.25) is 0 Å². The van der Waals surface area contributed by atoms with Gasteiger partial charge in [0.05, 0.1) is 22.4 Å². The molecule has 0 spiro atoms. The Hall–Kier alpha value is -0.600. The van der Waals surface area contributed by atoms with E-state index < -0.39 is 0 Å². The summed E-state index contributed by atoms with van der Waals surface area (Å²) in [6, 6.07) is 0. The van der Waals surface area contributed by atoms with Gasteiger partial charge < -0.3 is 9.47 Å². The largest absolute Gasteiger partial charge is 0.365 e. The molecule has 2 aliphatic rings. The van der Waals surface area contributed by atoms with Crippen molar-refractivity contribution in [3.8, 4) is 0 Å². The minimum Gasteiger partial charge on any atom is -0.365 e. The van der Waals surface area contributed by atoms with E-state index in [4.69, 9.17) is 9.47 Å². The van der Waals surface area contributed by atoms with Gasteiger partial charge in [-0.15, -0.1) is 13.2 Å². The first-order valence-electron chi connectivity index (χ1n) is 10.0. The quantitative estimate of drug-likeness (QED) is 0.487. The van der Waals surface area contributed by atoms with E-state index in [-0.39, 0.29) is 22.4 Å². The zero-order valence-corrected chi connectivity index (χ0v) is 19.2. The molecule has 26 heavy (non-hydrogen) atoms. The summed E-state index contributed by atoms with van der Waals surface area (Å²) in [5.41, 5.74) is 0.362. The Morgan fingerprint density at radius 2 is 0.808 bits per heavy atom. The minimum absolute atomic E-state index is 0.0231. The highest BCUT2D eigenvalue weighted by Gasteiger charge is 2.45. The van der Waals surface area contributed by atoms with Gasteiger partial charge in [-0.05, 0) is 78.1 Å². The minimum atomic E-state index is -0.148. The van der Waals surface area contributed by atoms with Gasteiger partial charge in [-0.3, -0.25) is 0 Å². The molecule has 0 radical (unpaired) electrons. The molecule has 2 unspecified atom stereocenters. The molecule has 0 N–H and O–H groups in total. The lowest BCUT2D eigenvalue weighted by molar-refractivity contribution is -0.176. The van der Waals surface area contributed by atoms with Crippen LogP contribution in [0.2, 0.25) is 0 Å². The molecule has 0 aromatic heterocycles. The second-order valence-electron chi connectivity index (χ2n) is 11.8. The van der Waals surface area contributed by atoms with E-state index in [0.717, 1.165) is 25.7 Å². The van der Waals surface area contributed by atoms with Crippen molar-refractivity contribution >= 4 is 0 Å². The van der Waals surface area contributed by atoms with Crippen molar-refractivity contribution in [3.63, 3.8) is 0 Å². The Bertz CT molecular complexity index is 442. The second kappa shape index (κ2) is 7.09. The number of hydrogen-bond acceptors (Lipinski definition) is 2. The van der Waals surface area contributed by atoms with Gasteiger partial charge in [0.1, 0.15) is 0 Å². The highest BCUT2D eigenvalue weighted by atomic mass is 16.5. The lowest BCUT2D eigenvalue weighted by Crippen LogP contribution is -2.48. The first-order chi connectivity index (χ1) is 11.4. The highest BCUT2D eigenvalue weighted by Crippen LogP contribution is 2.47. The number of ether oxygens (including phenoxy) is 2. The van der Waals surface area contributed by atoms with Crippen molar-refractivity contribution in [1.29, 1.82) is 0 Å². The Balaban J connectivity index is 0.000000260. The molecule has 2 fully saturated rings. The van der Waals surface area contributed by atoms with E-state index in [2.05, 4.69) is 82.4 Å². The Kier molecular flexibility index (Phi) is 6.39. The van der Waals surface area contributed by atoms with Crippen LogP contribution in [0.25, 0.3) is 0 Å². The zero-order chi connectivity index (χ0) is 20.7. The number of rotatable bonds is 2. The van der Waals surface area contributed by atoms with Crippen molar-refractivity contribution in [2.24, 2.45) is 10.8 Å². The van der Waals surface area contributed by atoms with Crippen LogP contribution in [0.3, 0.4) is 0 Å². The summed E-state index contributed by atoms with van der Waals surface area (Å²) in [5, 5.41) is 0. The van der Waals surface area contributed by atoms with Crippen molar-refractivity contribution in [3.05, 3.63) is 25.3 Å². The molecule has 2 rings (SSSR count). The van der Waals surface area contributed by atoms with Gasteiger partial charge in [0.15, 0.2) is 0 Å². The van der Waals surface area contributed by atoms with Crippen LogP contribution in [0, 0.1) is 10.8 Å². The molecule has 0 saturated carbocycles.